The van der Waals surface area contributed by atoms with Crippen molar-refractivity contribution in [2.45, 2.75) is 26.3 Å². The number of benzene rings is 1. The van der Waals surface area contributed by atoms with Crippen LogP contribution in [0.1, 0.15) is 30.8 Å². The molecular formula is C14H15N5O2. The summed E-state index contributed by atoms with van der Waals surface area (Å²) in [6, 6.07) is 7.24. The molecule has 2 aromatic heterocycles. The Hall–Kier alpha value is -2.70. The van der Waals surface area contributed by atoms with Gasteiger partial charge in [-0.1, -0.05) is 24.3 Å². The van der Waals surface area contributed by atoms with Crippen molar-refractivity contribution in [2.24, 2.45) is 0 Å². The molecule has 1 aromatic carbocycles. The van der Waals surface area contributed by atoms with Gasteiger partial charge in [-0.2, -0.15) is 0 Å². The van der Waals surface area contributed by atoms with Gasteiger partial charge in [-0.3, -0.25) is 9.59 Å². The van der Waals surface area contributed by atoms with Gasteiger partial charge >= 0.3 is 0 Å². The van der Waals surface area contributed by atoms with Crippen LogP contribution in [0.15, 0.2) is 29.1 Å². The van der Waals surface area contributed by atoms with Gasteiger partial charge < -0.3 is 10.3 Å². The molecule has 1 amide bonds. The van der Waals surface area contributed by atoms with E-state index in [9.17, 15) is 9.59 Å². The highest BCUT2D eigenvalue weighted by Gasteiger charge is 2.20. The third kappa shape index (κ3) is 2.16. The first kappa shape index (κ1) is 13.3. The molecule has 0 bridgehead atoms. The minimum Gasteiger partial charge on any atom is -0.348 e. The standard InChI is InChI=1S/C14H15N5O2/c1-3-8(2)15-13(20)11-12-14(21)16-9-6-4-5-7-10(9)19(12)18-17-11/h4-8H,3H2,1-2H3,(H,15,20)(H,16,21)/t8-/m1/s1. The Bertz CT molecular complexity index is 880. The molecule has 108 valence electrons. The highest BCUT2D eigenvalue weighted by atomic mass is 16.2. The normalized spacial score (nSPS) is 12.7. The number of amides is 1. The van der Waals surface area contributed by atoms with Crippen LogP contribution >= 0.6 is 0 Å². The first-order chi connectivity index (χ1) is 10.1. The van der Waals surface area contributed by atoms with E-state index in [1.54, 1.807) is 6.07 Å². The van der Waals surface area contributed by atoms with Crippen LogP contribution in [0.3, 0.4) is 0 Å². The van der Waals surface area contributed by atoms with E-state index in [0.717, 1.165) is 6.42 Å². The SMILES string of the molecule is CC[C@@H](C)NC(=O)c1nnn2c1c(=O)[nH]c1ccccc12. The number of nitrogens with zero attached hydrogens (tertiary/aromatic N) is 3. The minimum absolute atomic E-state index is 0.00814. The predicted molar refractivity (Wildman–Crippen MR) is 78.3 cm³/mol. The summed E-state index contributed by atoms with van der Waals surface area (Å²) < 4.78 is 1.40. The summed E-state index contributed by atoms with van der Waals surface area (Å²) in [6.07, 6.45) is 0.796. The Morgan fingerprint density at radius 1 is 1.43 bits per heavy atom. The average molecular weight is 285 g/mol. The fraction of sp³-hybridized carbons (Fsp3) is 0.286. The summed E-state index contributed by atoms with van der Waals surface area (Å²) in [7, 11) is 0. The summed E-state index contributed by atoms with van der Waals surface area (Å²) in [5.41, 5.74) is 1.17. The number of carbonyl (C=O) groups excluding carboxylic acids is 1. The molecule has 0 saturated heterocycles. The number of aromatic amines is 1. The van der Waals surface area contributed by atoms with Gasteiger partial charge in [-0.05, 0) is 25.5 Å². The molecule has 2 N–H and O–H groups in total. The number of carbonyl (C=O) groups is 1. The molecule has 3 aromatic rings. The Morgan fingerprint density at radius 2 is 2.19 bits per heavy atom. The van der Waals surface area contributed by atoms with E-state index in [0.29, 0.717) is 11.0 Å². The number of para-hydroxylation sites is 2. The molecular weight excluding hydrogens is 270 g/mol. The number of fused-ring (bicyclic) bond motifs is 3. The molecule has 0 aliphatic heterocycles. The maximum absolute atomic E-state index is 12.2. The van der Waals surface area contributed by atoms with E-state index >= 15 is 0 Å². The molecule has 0 radical (unpaired) electrons. The van der Waals surface area contributed by atoms with Crippen molar-refractivity contribution in [3.8, 4) is 0 Å². The van der Waals surface area contributed by atoms with Crippen LogP contribution in [0.25, 0.3) is 16.6 Å². The van der Waals surface area contributed by atoms with Crippen LogP contribution in [0.2, 0.25) is 0 Å². The highest BCUT2D eigenvalue weighted by molar-refractivity contribution is 5.99. The van der Waals surface area contributed by atoms with Crippen LogP contribution in [-0.2, 0) is 0 Å². The van der Waals surface area contributed by atoms with E-state index in [-0.39, 0.29) is 28.7 Å². The minimum atomic E-state index is -0.389. The topological polar surface area (TPSA) is 92.2 Å². The molecule has 0 unspecified atom stereocenters. The molecule has 0 fully saturated rings. The number of hydrogen-bond donors (Lipinski definition) is 2. The van der Waals surface area contributed by atoms with Gasteiger partial charge in [0.05, 0.1) is 11.0 Å². The predicted octanol–water partition coefficient (Wildman–Crippen LogP) is 1.10. The van der Waals surface area contributed by atoms with Crippen molar-refractivity contribution in [3.63, 3.8) is 0 Å². The molecule has 3 rings (SSSR count). The Kier molecular flexibility index (Phi) is 3.17. The average Bonchev–Trinajstić information content (AvgIpc) is 2.93. The Balaban J connectivity index is 2.20. The second-order valence-electron chi connectivity index (χ2n) is 4.95. The fourth-order valence-electron chi connectivity index (χ4n) is 2.15. The van der Waals surface area contributed by atoms with Crippen molar-refractivity contribution in [1.29, 1.82) is 0 Å². The fourth-order valence-corrected chi connectivity index (χ4v) is 2.15. The first-order valence-electron chi connectivity index (χ1n) is 6.79. The molecule has 2 heterocycles. The summed E-state index contributed by atoms with van der Waals surface area (Å²) in [5.74, 6) is -0.389. The molecule has 1 atom stereocenters. The summed E-state index contributed by atoms with van der Waals surface area (Å²) in [6.45, 7) is 3.86. The lowest BCUT2D eigenvalue weighted by Crippen LogP contribution is -2.33. The van der Waals surface area contributed by atoms with E-state index in [1.807, 2.05) is 32.0 Å². The molecule has 0 aliphatic carbocycles. The number of nitrogens with one attached hydrogen (secondary N) is 2. The number of aromatic nitrogens is 4. The molecule has 0 saturated carbocycles. The monoisotopic (exact) mass is 285 g/mol. The molecule has 7 heteroatoms. The lowest BCUT2D eigenvalue weighted by molar-refractivity contribution is 0.0935. The second-order valence-corrected chi connectivity index (χ2v) is 4.95. The largest absolute Gasteiger partial charge is 0.348 e. The van der Waals surface area contributed by atoms with Crippen molar-refractivity contribution in [1.82, 2.24) is 25.1 Å². The van der Waals surface area contributed by atoms with Crippen molar-refractivity contribution >= 4 is 22.5 Å². The van der Waals surface area contributed by atoms with Crippen molar-refractivity contribution in [2.75, 3.05) is 0 Å². The highest BCUT2D eigenvalue weighted by Crippen LogP contribution is 2.12. The van der Waals surface area contributed by atoms with Gasteiger partial charge in [0.1, 0.15) is 0 Å². The maximum Gasteiger partial charge on any atom is 0.277 e. The summed E-state index contributed by atoms with van der Waals surface area (Å²) in [5, 5.41) is 10.6. The first-order valence-corrected chi connectivity index (χ1v) is 6.79. The van der Waals surface area contributed by atoms with Crippen molar-refractivity contribution < 1.29 is 4.79 Å². The van der Waals surface area contributed by atoms with Crippen LogP contribution in [-0.4, -0.2) is 31.8 Å². The number of rotatable bonds is 3. The molecule has 0 spiro atoms. The Morgan fingerprint density at radius 3 is 2.95 bits per heavy atom. The van der Waals surface area contributed by atoms with Crippen LogP contribution in [0.5, 0.6) is 0 Å². The van der Waals surface area contributed by atoms with Gasteiger partial charge in [0, 0.05) is 6.04 Å². The van der Waals surface area contributed by atoms with E-state index in [4.69, 9.17) is 0 Å². The van der Waals surface area contributed by atoms with E-state index in [1.165, 1.54) is 4.52 Å². The van der Waals surface area contributed by atoms with Crippen molar-refractivity contribution in [3.05, 3.63) is 40.3 Å². The molecule has 0 aliphatic rings. The van der Waals surface area contributed by atoms with Gasteiger partial charge in [0.25, 0.3) is 11.5 Å². The van der Waals surface area contributed by atoms with Gasteiger partial charge in [0.2, 0.25) is 0 Å². The van der Waals surface area contributed by atoms with Crippen LogP contribution in [0, 0.1) is 0 Å². The zero-order chi connectivity index (χ0) is 15.0. The third-order valence-corrected chi connectivity index (χ3v) is 3.47. The smallest absolute Gasteiger partial charge is 0.277 e. The van der Waals surface area contributed by atoms with Gasteiger partial charge in [-0.15, -0.1) is 5.10 Å². The summed E-state index contributed by atoms with van der Waals surface area (Å²) in [4.78, 5) is 27.1. The van der Waals surface area contributed by atoms with E-state index in [2.05, 4.69) is 20.6 Å². The second kappa shape index (κ2) is 5.01. The lowest BCUT2D eigenvalue weighted by Gasteiger charge is -2.09. The number of hydrogen-bond acceptors (Lipinski definition) is 4. The number of H-pyrrole nitrogens is 1. The zero-order valence-corrected chi connectivity index (χ0v) is 11.8. The zero-order valence-electron chi connectivity index (χ0n) is 11.8. The molecule has 21 heavy (non-hydrogen) atoms. The third-order valence-electron chi connectivity index (χ3n) is 3.47. The van der Waals surface area contributed by atoms with Gasteiger partial charge in [0.15, 0.2) is 11.2 Å². The summed E-state index contributed by atoms with van der Waals surface area (Å²) >= 11 is 0. The quantitative estimate of drug-likeness (QED) is 0.753. The van der Waals surface area contributed by atoms with Crippen LogP contribution < -0.4 is 10.9 Å². The van der Waals surface area contributed by atoms with Gasteiger partial charge in [-0.25, -0.2) is 4.52 Å². The lowest BCUT2D eigenvalue weighted by atomic mass is 10.2. The van der Waals surface area contributed by atoms with E-state index < -0.39 is 0 Å². The van der Waals surface area contributed by atoms with Crippen LogP contribution in [0.4, 0.5) is 0 Å². The molecule has 7 nitrogen and oxygen atoms in total. The maximum atomic E-state index is 12.2. The Labute approximate surface area is 120 Å².